The number of amides is 1. The van der Waals surface area contributed by atoms with E-state index in [1.807, 2.05) is 34.3 Å². The van der Waals surface area contributed by atoms with Crippen LogP contribution in [0.1, 0.15) is 21.6 Å². The lowest BCUT2D eigenvalue weighted by molar-refractivity contribution is 0.102. The van der Waals surface area contributed by atoms with Crippen LogP contribution in [0.2, 0.25) is 0 Å². The summed E-state index contributed by atoms with van der Waals surface area (Å²) in [6.45, 7) is 3.45. The molecule has 0 atom stereocenters. The van der Waals surface area contributed by atoms with Gasteiger partial charge in [-0.2, -0.15) is 5.10 Å². The van der Waals surface area contributed by atoms with Gasteiger partial charge in [0.2, 0.25) is 0 Å². The van der Waals surface area contributed by atoms with Crippen LogP contribution in [0.5, 0.6) is 0 Å². The molecule has 1 aromatic carbocycles. The highest BCUT2D eigenvalue weighted by Gasteiger charge is 2.16. The van der Waals surface area contributed by atoms with Crippen LogP contribution in [0.15, 0.2) is 46.8 Å². The van der Waals surface area contributed by atoms with E-state index in [1.54, 1.807) is 37.3 Å². The van der Waals surface area contributed by atoms with Gasteiger partial charge in [-0.15, -0.1) is 11.3 Å². The van der Waals surface area contributed by atoms with E-state index in [0.29, 0.717) is 16.9 Å². The molecule has 0 bridgehead atoms. The highest BCUT2D eigenvalue weighted by atomic mass is 32.1. The van der Waals surface area contributed by atoms with Gasteiger partial charge in [0.15, 0.2) is 4.96 Å². The lowest BCUT2D eigenvalue weighted by Crippen LogP contribution is -2.26. The third-order valence-corrected chi connectivity index (χ3v) is 5.00. The molecule has 8 heteroatoms. The Kier molecular flexibility index (Phi) is 3.89. The normalized spacial score (nSPS) is 11.0. The first-order valence-corrected chi connectivity index (χ1v) is 8.81. The molecule has 0 radical (unpaired) electrons. The zero-order valence-electron chi connectivity index (χ0n) is 14.1. The first-order chi connectivity index (χ1) is 12.5. The summed E-state index contributed by atoms with van der Waals surface area (Å²) in [5, 5.41) is 10.9. The molecule has 3 heterocycles. The zero-order valence-corrected chi connectivity index (χ0v) is 14.9. The number of thiazole rings is 1. The molecule has 0 fully saturated rings. The Morgan fingerprint density at radius 2 is 2.00 bits per heavy atom. The molecule has 3 aromatic heterocycles. The maximum Gasteiger partial charge on any atom is 0.277 e. The van der Waals surface area contributed by atoms with Gasteiger partial charge in [-0.05, 0) is 31.5 Å². The Labute approximate surface area is 152 Å². The molecule has 0 aliphatic rings. The number of hydrogen-bond donors (Lipinski definition) is 2. The van der Waals surface area contributed by atoms with Gasteiger partial charge < -0.3 is 5.32 Å². The van der Waals surface area contributed by atoms with Crippen LogP contribution in [0.4, 0.5) is 5.69 Å². The Morgan fingerprint density at radius 3 is 2.73 bits per heavy atom. The number of aryl methyl sites for hydroxylation is 1. The maximum absolute atomic E-state index is 12.5. The number of carbonyl (C=O) groups excluding carboxylic acids is 1. The highest BCUT2D eigenvalue weighted by Crippen LogP contribution is 2.23. The second kappa shape index (κ2) is 6.23. The summed E-state index contributed by atoms with van der Waals surface area (Å²) in [4.78, 5) is 29.9. The first-order valence-electron chi connectivity index (χ1n) is 7.93. The zero-order chi connectivity index (χ0) is 18.3. The molecule has 0 aliphatic carbocycles. The van der Waals surface area contributed by atoms with Crippen molar-refractivity contribution in [3.63, 3.8) is 0 Å². The molecule has 0 unspecified atom stereocenters. The van der Waals surface area contributed by atoms with E-state index in [-0.39, 0.29) is 5.56 Å². The number of aromatic nitrogens is 4. The van der Waals surface area contributed by atoms with Crippen molar-refractivity contribution in [3.05, 3.63) is 69.2 Å². The number of aromatic amines is 1. The Hall–Kier alpha value is -3.26. The van der Waals surface area contributed by atoms with Crippen LogP contribution < -0.4 is 10.9 Å². The van der Waals surface area contributed by atoms with E-state index in [4.69, 9.17) is 0 Å². The second-order valence-electron chi connectivity index (χ2n) is 5.89. The number of anilines is 1. The van der Waals surface area contributed by atoms with E-state index in [9.17, 15) is 9.59 Å². The van der Waals surface area contributed by atoms with Crippen molar-refractivity contribution < 1.29 is 4.79 Å². The minimum Gasteiger partial charge on any atom is -0.322 e. The summed E-state index contributed by atoms with van der Waals surface area (Å²) in [6, 6.07) is 7.35. The van der Waals surface area contributed by atoms with Crippen molar-refractivity contribution in [2.45, 2.75) is 13.8 Å². The maximum atomic E-state index is 12.5. The molecule has 2 N–H and O–H groups in total. The molecule has 7 nitrogen and oxygen atoms in total. The number of benzene rings is 1. The number of fused-ring (bicyclic) bond motifs is 1. The van der Waals surface area contributed by atoms with Crippen LogP contribution >= 0.6 is 11.3 Å². The Bertz CT molecular complexity index is 1140. The van der Waals surface area contributed by atoms with Crippen LogP contribution in [-0.4, -0.2) is 25.5 Å². The van der Waals surface area contributed by atoms with Gasteiger partial charge in [-0.1, -0.05) is 12.1 Å². The van der Waals surface area contributed by atoms with Crippen LogP contribution in [0, 0.1) is 13.8 Å². The molecule has 0 aliphatic heterocycles. The number of imidazole rings is 1. The standard InChI is InChI=1S/C18H15N5O2S/c1-10-11(2)21-22-17(25)15(10)16(24)19-13-5-3-12(4-6-13)14-9-23-7-8-26-18(23)20-14/h3-9H,1-2H3,(H,19,24)(H,22,25). The predicted molar refractivity (Wildman–Crippen MR) is 101 cm³/mol. The largest absolute Gasteiger partial charge is 0.322 e. The molecule has 26 heavy (non-hydrogen) atoms. The molecule has 0 saturated carbocycles. The molecule has 0 spiro atoms. The second-order valence-corrected chi connectivity index (χ2v) is 6.76. The summed E-state index contributed by atoms with van der Waals surface area (Å²) in [6.07, 6.45) is 3.92. The molecule has 4 rings (SSSR count). The van der Waals surface area contributed by atoms with Crippen molar-refractivity contribution in [3.8, 4) is 11.3 Å². The molecule has 0 saturated heterocycles. The third kappa shape index (κ3) is 2.80. The molecule has 130 valence electrons. The molecule has 4 aromatic rings. The smallest absolute Gasteiger partial charge is 0.277 e. The van der Waals surface area contributed by atoms with Gasteiger partial charge in [0.25, 0.3) is 11.5 Å². The van der Waals surface area contributed by atoms with Gasteiger partial charge in [0.1, 0.15) is 5.56 Å². The van der Waals surface area contributed by atoms with Crippen molar-refractivity contribution >= 4 is 27.9 Å². The molecular formula is C18H15N5O2S. The molecule has 1 amide bonds. The summed E-state index contributed by atoms with van der Waals surface area (Å²) in [5.74, 6) is -0.454. The topological polar surface area (TPSA) is 92.1 Å². The number of H-pyrrole nitrogens is 1. The van der Waals surface area contributed by atoms with Gasteiger partial charge in [-0.3, -0.25) is 14.0 Å². The summed E-state index contributed by atoms with van der Waals surface area (Å²) < 4.78 is 1.97. The Balaban J connectivity index is 1.58. The van der Waals surface area contributed by atoms with E-state index < -0.39 is 11.5 Å². The number of carbonyl (C=O) groups is 1. The summed E-state index contributed by atoms with van der Waals surface area (Å²) in [5.41, 5.74) is 3.19. The number of nitrogens with one attached hydrogen (secondary N) is 2. The fourth-order valence-corrected chi connectivity index (χ4v) is 3.38. The van der Waals surface area contributed by atoms with E-state index >= 15 is 0 Å². The lowest BCUT2D eigenvalue weighted by atomic mass is 10.1. The third-order valence-electron chi connectivity index (χ3n) is 4.23. The minimum absolute atomic E-state index is 0.0796. The monoisotopic (exact) mass is 365 g/mol. The fraction of sp³-hybridized carbons (Fsp3) is 0.111. The minimum atomic E-state index is -0.500. The van der Waals surface area contributed by atoms with Crippen molar-refractivity contribution in [2.75, 3.05) is 5.32 Å². The number of nitrogens with zero attached hydrogens (tertiary/aromatic N) is 3. The fourth-order valence-electron chi connectivity index (χ4n) is 2.68. The van der Waals surface area contributed by atoms with Crippen molar-refractivity contribution in [1.29, 1.82) is 0 Å². The quantitative estimate of drug-likeness (QED) is 0.584. The average molecular weight is 365 g/mol. The van der Waals surface area contributed by atoms with Gasteiger partial charge >= 0.3 is 0 Å². The van der Waals surface area contributed by atoms with Crippen LogP contribution in [0.25, 0.3) is 16.2 Å². The number of hydrogen-bond acceptors (Lipinski definition) is 5. The first kappa shape index (κ1) is 16.2. The van der Waals surface area contributed by atoms with Gasteiger partial charge in [0.05, 0.1) is 11.4 Å². The van der Waals surface area contributed by atoms with E-state index in [0.717, 1.165) is 16.2 Å². The van der Waals surface area contributed by atoms with Crippen molar-refractivity contribution in [2.24, 2.45) is 0 Å². The lowest BCUT2D eigenvalue weighted by Gasteiger charge is -2.08. The SMILES string of the molecule is Cc1n[nH]c(=O)c(C(=O)Nc2ccc(-c3cn4ccsc4n3)cc2)c1C. The van der Waals surface area contributed by atoms with Crippen molar-refractivity contribution in [1.82, 2.24) is 19.6 Å². The van der Waals surface area contributed by atoms with E-state index in [2.05, 4.69) is 20.5 Å². The van der Waals surface area contributed by atoms with Gasteiger partial charge in [-0.25, -0.2) is 10.1 Å². The van der Waals surface area contributed by atoms with Crippen LogP contribution in [0.3, 0.4) is 0 Å². The van der Waals surface area contributed by atoms with E-state index in [1.165, 1.54) is 0 Å². The van der Waals surface area contributed by atoms with Gasteiger partial charge in [0, 0.05) is 29.0 Å². The predicted octanol–water partition coefficient (Wildman–Crippen LogP) is 3.02. The highest BCUT2D eigenvalue weighted by molar-refractivity contribution is 7.15. The summed E-state index contributed by atoms with van der Waals surface area (Å²) >= 11 is 1.57. The molecular weight excluding hydrogens is 350 g/mol. The average Bonchev–Trinajstić information content (AvgIpc) is 3.21. The summed E-state index contributed by atoms with van der Waals surface area (Å²) in [7, 11) is 0. The van der Waals surface area contributed by atoms with Crippen LogP contribution in [-0.2, 0) is 0 Å². The number of rotatable bonds is 3. The Morgan fingerprint density at radius 1 is 1.23 bits per heavy atom.